The Morgan fingerprint density at radius 1 is 1.17 bits per heavy atom. The molecule has 3 aromatic rings. The molecule has 1 N–H and O–H groups in total. The number of amides is 1. The van der Waals surface area contributed by atoms with Gasteiger partial charge in [0.1, 0.15) is 0 Å². The van der Waals surface area contributed by atoms with E-state index < -0.39 is 5.97 Å². The molecule has 0 radical (unpaired) electrons. The molecule has 0 aliphatic carbocycles. The lowest BCUT2D eigenvalue weighted by Crippen LogP contribution is -2.13. The fourth-order valence-corrected chi connectivity index (χ4v) is 2.53. The van der Waals surface area contributed by atoms with Gasteiger partial charge in [-0.25, -0.2) is 4.79 Å². The van der Waals surface area contributed by atoms with Gasteiger partial charge in [0.15, 0.2) is 0 Å². The summed E-state index contributed by atoms with van der Waals surface area (Å²) in [6, 6.07) is 9.22. The second-order valence-electron chi connectivity index (χ2n) is 5.28. The number of ether oxygens (including phenoxy) is 1. The molecule has 3 rings (SSSR count). The zero-order chi connectivity index (χ0) is 17.1. The second-order valence-corrected chi connectivity index (χ2v) is 5.28. The van der Waals surface area contributed by atoms with Gasteiger partial charge in [0.2, 0.25) is 0 Å². The third kappa shape index (κ3) is 2.99. The minimum Gasteiger partial charge on any atom is -0.465 e. The van der Waals surface area contributed by atoms with Crippen molar-refractivity contribution in [2.45, 2.75) is 13.5 Å². The summed E-state index contributed by atoms with van der Waals surface area (Å²) in [6.45, 7) is 2.92. The number of benzene rings is 1. The maximum Gasteiger partial charge on any atom is 0.339 e. The quantitative estimate of drug-likeness (QED) is 0.749. The molecule has 24 heavy (non-hydrogen) atoms. The van der Waals surface area contributed by atoms with Crippen LogP contribution >= 0.6 is 0 Å². The molecule has 122 valence electrons. The molecule has 1 aromatic carbocycles. The number of esters is 1. The van der Waals surface area contributed by atoms with E-state index in [0.717, 1.165) is 17.4 Å². The number of fused-ring (bicyclic) bond motifs is 1. The van der Waals surface area contributed by atoms with Gasteiger partial charge in [0.25, 0.3) is 5.91 Å². The number of nitrogens with zero attached hydrogens (tertiary/aromatic N) is 2. The Balaban J connectivity index is 1.85. The average Bonchev–Trinajstić information content (AvgIpc) is 3.03. The highest BCUT2D eigenvalue weighted by atomic mass is 16.5. The number of nitrogens with one attached hydrogen (secondary N) is 1. The zero-order valence-corrected chi connectivity index (χ0v) is 13.4. The van der Waals surface area contributed by atoms with Crippen molar-refractivity contribution in [3.05, 3.63) is 60.0 Å². The lowest BCUT2D eigenvalue weighted by atomic mass is 10.2. The molecule has 6 heteroatoms. The highest BCUT2D eigenvalue weighted by Crippen LogP contribution is 2.21. The molecule has 0 saturated carbocycles. The standard InChI is InChI=1S/C18H17N3O3/c1-3-21-7-6-12-4-5-15(9-16(12)21)20-17(22)13-8-14(11-19-10-13)18(23)24-2/h4-11H,3H2,1-2H3,(H,20,22). The number of hydrogen-bond acceptors (Lipinski definition) is 4. The van der Waals surface area contributed by atoms with Gasteiger partial charge in [-0.1, -0.05) is 6.07 Å². The van der Waals surface area contributed by atoms with Crippen LogP contribution in [0, 0.1) is 0 Å². The Bertz CT molecular complexity index is 915. The van der Waals surface area contributed by atoms with Crippen LogP contribution in [0.15, 0.2) is 48.9 Å². The highest BCUT2D eigenvalue weighted by Gasteiger charge is 2.12. The highest BCUT2D eigenvalue weighted by molar-refractivity contribution is 6.06. The van der Waals surface area contributed by atoms with E-state index >= 15 is 0 Å². The first-order valence-corrected chi connectivity index (χ1v) is 7.56. The number of hydrogen-bond donors (Lipinski definition) is 1. The largest absolute Gasteiger partial charge is 0.465 e. The lowest BCUT2D eigenvalue weighted by Gasteiger charge is -2.08. The summed E-state index contributed by atoms with van der Waals surface area (Å²) in [5.74, 6) is -0.860. The van der Waals surface area contributed by atoms with E-state index in [2.05, 4.69) is 26.5 Å². The van der Waals surface area contributed by atoms with Crippen LogP contribution in [0.4, 0.5) is 5.69 Å². The number of aryl methyl sites for hydroxylation is 1. The number of methoxy groups -OCH3 is 1. The fourth-order valence-electron chi connectivity index (χ4n) is 2.53. The van der Waals surface area contributed by atoms with Crippen molar-refractivity contribution in [1.82, 2.24) is 9.55 Å². The zero-order valence-electron chi connectivity index (χ0n) is 13.4. The van der Waals surface area contributed by atoms with E-state index in [1.165, 1.54) is 25.6 Å². The average molecular weight is 323 g/mol. The van der Waals surface area contributed by atoms with Gasteiger partial charge < -0.3 is 14.6 Å². The van der Waals surface area contributed by atoms with E-state index in [9.17, 15) is 9.59 Å². The van der Waals surface area contributed by atoms with Gasteiger partial charge in [-0.05, 0) is 36.6 Å². The van der Waals surface area contributed by atoms with Gasteiger partial charge in [-0.2, -0.15) is 0 Å². The third-order valence-electron chi connectivity index (χ3n) is 3.79. The molecule has 6 nitrogen and oxygen atoms in total. The van der Waals surface area contributed by atoms with E-state index in [1.807, 2.05) is 30.5 Å². The molecule has 0 aliphatic heterocycles. The van der Waals surface area contributed by atoms with Gasteiger partial charge >= 0.3 is 5.97 Å². The first kappa shape index (κ1) is 15.7. The molecular formula is C18H17N3O3. The minimum absolute atomic E-state index is 0.237. The summed E-state index contributed by atoms with van der Waals surface area (Å²) in [6.07, 6.45) is 4.79. The van der Waals surface area contributed by atoms with Crippen molar-refractivity contribution in [2.75, 3.05) is 12.4 Å². The smallest absolute Gasteiger partial charge is 0.339 e. The lowest BCUT2D eigenvalue weighted by molar-refractivity contribution is 0.0600. The Morgan fingerprint density at radius 2 is 1.96 bits per heavy atom. The van der Waals surface area contributed by atoms with E-state index in [4.69, 9.17) is 0 Å². The first-order chi connectivity index (χ1) is 11.6. The van der Waals surface area contributed by atoms with Crippen LogP contribution in [0.25, 0.3) is 10.9 Å². The van der Waals surface area contributed by atoms with Crippen molar-refractivity contribution in [2.24, 2.45) is 0 Å². The van der Waals surface area contributed by atoms with Crippen LogP contribution in [-0.4, -0.2) is 28.5 Å². The molecule has 2 heterocycles. The molecule has 0 unspecified atom stereocenters. The summed E-state index contributed by atoms with van der Waals surface area (Å²) in [5.41, 5.74) is 2.27. The first-order valence-electron chi connectivity index (χ1n) is 7.56. The van der Waals surface area contributed by atoms with Gasteiger partial charge in [-0.15, -0.1) is 0 Å². The summed E-state index contributed by atoms with van der Waals surface area (Å²) < 4.78 is 6.74. The van der Waals surface area contributed by atoms with Crippen molar-refractivity contribution in [3.8, 4) is 0 Å². The van der Waals surface area contributed by atoms with Gasteiger partial charge in [-0.3, -0.25) is 9.78 Å². The Morgan fingerprint density at radius 3 is 2.71 bits per heavy atom. The fraction of sp³-hybridized carbons (Fsp3) is 0.167. The van der Waals surface area contributed by atoms with Crippen molar-refractivity contribution in [1.29, 1.82) is 0 Å². The predicted octanol–water partition coefficient (Wildman–Crippen LogP) is 3.10. The van der Waals surface area contributed by atoms with E-state index in [-0.39, 0.29) is 11.5 Å². The van der Waals surface area contributed by atoms with Crippen molar-refractivity contribution in [3.63, 3.8) is 0 Å². The van der Waals surface area contributed by atoms with E-state index in [1.54, 1.807) is 0 Å². The molecule has 0 aliphatic rings. The number of carbonyl (C=O) groups excluding carboxylic acids is 2. The van der Waals surface area contributed by atoms with E-state index in [0.29, 0.717) is 11.3 Å². The van der Waals surface area contributed by atoms with Crippen molar-refractivity contribution >= 4 is 28.5 Å². The molecule has 0 saturated heterocycles. The number of aromatic nitrogens is 2. The molecule has 0 spiro atoms. The summed E-state index contributed by atoms with van der Waals surface area (Å²) in [4.78, 5) is 27.9. The van der Waals surface area contributed by atoms with Crippen molar-refractivity contribution < 1.29 is 14.3 Å². The number of carbonyl (C=O) groups is 2. The Hall–Kier alpha value is -3.15. The van der Waals surface area contributed by atoms with Crippen LogP contribution < -0.4 is 5.32 Å². The summed E-state index contributed by atoms with van der Waals surface area (Å²) in [5, 5.41) is 3.95. The van der Waals surface area contributed by atoms with Crippen LogP contribution in [-0.2, 0) is 11.3 Å². The Kier molecular flexibility index (Phi) is 4.29. The van der Waals surface area contributed by atoms with Crippen LogP contribution in [0.5, 0.6) is 0 Å². The molecule has 0 atom stereocenters. The topological polar surface area (TPSA) is 73.2 Å². The normalized spacial score (nSPS) is 10.6. The summed E-state index contributed by atoms with van der Waals surface area (Å²) >= 11 is 0. The molecule has 0 fully saturated rings. The molecule has 1 amide bonds. The minimum atomic E-state index is -0.528. The van der Waals surface area contributed by atoms with Gasteiger partial charge in [0.05, 0.1) is 23.8 Å². The maximum absolute atomic E-state index is 12.4. The Labute approximate surface area is 139 Å². The number of rotatable bonds is 4. The number of anilines is 1. The van der Waals surface area contributed by atoms with Crippen LogP contribution in [0.1, 0.15) is 27.6 Å². The van der Waals surface area contributed by atoms with Crippen LogP contribution in [0.2, 0.25) is 0 Å². The molecular weight excluding hydrogens is 306 g/mol. The second kappa shape index (κ2) is 6.54. The maximum atomic E-state index is 12.4. The number of pyridine rings is 1. The monoisotopic (exact) mass is 323 g/mol. The third-order valence-corrected chi connectivity index (χ3v) is 3.79. The molecule has 2 aromatic heterocycles. The van der Waals surface area contributed by atoms with Gasteiger partial charge in [0, 0.05) is 30.8 Å². The predicted molar refractivity (Wildman–Crippen MR) is 91.1 cm³/mol. The SMILES string of the molecule is CCn1ccc2ccc(NC(=O)c3cncc(C(=O)OC)c3)cc21. The van der Waals surface area contributed by atoms with Crippen LogP contribution in [0.3, 0.4) is 0 Å². The molecule has 0 bridgehead atoms. The summed E-state index contributed by atoms with van der Waals surface area (Å²) in [7, 11) is 1.28.